The minimum Gasteiger partial charge on any atom is -0.442 e. The molecule has 0 bridgehead atoms. The van der Waals surface area contributed by atoms with Gasteiger partial charge in [0.25, 0.3) is 5.91 Å². The summed E-state index contributed by atoms with van der Waals surface area (Å²) in [5.74, 6) is 1.69. The molecule has 3 heterocycles. The van der Waals surface area contributed by atoms with Gasteiger partial charge >= 0.3 is 0 Å². The number of likely N-dealkylation sites (tertiary alicyclic amines) is 1. The van der Waals surface area contributed by atoms with E-state index in [-0.39, 0.29) is 11.4 Å². The highest BCUT2D eigenvalue weighted by atomic mass is 16.3. The first kappa shape index (κ1) is 18.2. The third kappa shape index (κ3) is 3.26. The largest absolute Gasteiger partial charge is 0.442 e. The summed E-state index contributed by atoms with van der Waals surface area (Å²) in [6.45, 7) is 7.59. The first-order valence-corrected chi connectivity index (χ1v) is 10.3. The number of hydrogen-bond acceptors (Lipinski definition) is 5. The van der Waals surface area contributed by atoms with Gasteiger partial charge in [0.1, 0.15) is 17.9 Å². The van der Waals surface area contributed by atoms with Crippen molar-refractivity contribution in [3.8, 4) is 0 Å². The normalized spacial score (nSPS) is 20.2. The molecule has 0 radical (unpaired) electrons. The molecule has 0 spiro atoms. The van der Waals surface area contributed by atoms with Crippen molar-refractivity contribution in [2.75, 3.05) is 18.4 Å². The highest BCUT2D eigenvalue weighted by Crippen LogP contribution is 2.40. The second kappa shape index (κ2) is 6.58. The molecule has 2 aromatic heterocycles. The molecule has 6 nitrogen and oxygen atoms in total. The Morgan fingerprint density at radius 1 is 1.28 bits per heavy atom. The molecule has 1 saturated heterocycles. The van der Waals surface area contributed by atoms with Gasteiger partial charge in [0, 0.05) is 24.5 Å². The molecule has 2 aliphatic rings. The number of aryl methyl sites for hydroxylation is 2. The molecule has 1 N–H and O–H groups in total. The van der Waals surface area contributed by atoms with E-state index in [1.807, 2.05) is 11.8 Å². The van der Waals surface area contributed by atoms with Gasteiger partial charge in [0.05, 0.1) is 10.9 Å². The highest BCUT2D eigenvalue weighted by Gasteiger charge is 2.39. The molecule has 1 saturated carbocycles. The van der Waals surface area contributed by atoms with Crippen LogP contribution in [0, 0.1) is 13.8 Å². The number of nitrogens with one attached hydrogen (secondary N) is 1. The molecule has 3 aromatic rings. The lowest BCUT2D eigenvalue weighted by Crippen LogP contribution is -2.29. The smallest absolute Gasteiger partial charge is 0.258 e. The zero-order chi connectivity index (χ0) is 20.2. The summed E-state index contributed by atoms with van der Waals surface area (Å²) in [6.07, 6.45) is 4.67. The summed E-state index contributed by atoms with van der Waals surface area (Å²) >= 11 is 0. The Kier molecular flexibility index (Phi) is 4.12. The fourth-order valence-corrected chi connectivity index (χ4v) is 4.29. The van der Waals surface area contributed by atoms with Gasteiger partial charge in [0.2, 0.25) is 5.71 Å². The van der Waals surface area contributed by atoms with Gasteiger partial charge in [-0.2, -0.15) is 0 Å². The van der Waals surface area contributed by atoms with Gasteiger partial charge in [-0.05, 0) is 45.6 Å². The first-order valence-electron chi connectivity index (χ1n) is 10.3. The van der Waals surface area contributed by atoms with E-state index >= 15 is 0 Å². The molecule has 150 valence electrons. The molecule has 1 atom stereocenters. The fraction of sp³-hybridized carbons (Fsp3) is 0.435. The van der Waals surface area contributed by atoms with E-state index < -0.39 is 0 Å². The van der Waals surface area contributed by atoms with Gasteiger partial charge in [-0.3, -0.25) is 4.79 Å². The average Bonchev–Trinajstić information content (AvgIpc) is 3.10. The maximum atomic E-state index is 13.5. The van der Waals surface area contributed by atoms with Crippen LogP contribution >= 0.6 is 0 Å². The van der Waals surface area contributed by atoms with Crippen molar-refractivity contribution in [2.24, 2.45) is 0 Å². The Morgan fingerprint density at radius 3 is 2.86 bits per heavy atom. The Bertz CT molecular complexity index is 1100. The number of carbonyl (C=O) groups excluding carboxylic acids is 1. The number of nitrogens with zero attached hydrogens (tertiary/aromatic N) is 3. The Morgan fingerprint density at radius 2 is 2.10 bits per heavy atom. The third-order valence-electron chi connectivity index (χ3n) is 6.29. The van der Waals surface area contributed by atoms with Gasteiger partial charge in [-0.1, -0.05) is 29.8 Å². The van der Waals surface area contributed by atoms with Gasteiger partial charge < -0.3 is 14.6 Å². The molecule has 1 aliphatic carbocycles. The SMILES string of the molecule is Cc1cccc(C2CCN(C(=O)c3c(C)oc4ncnc(NC5(C)CC5)c34)C2)c1. The number of hydrogen-bond donors (Lipinski definition) is 1. The van der Waals surface area contributed by atoms with Crippen molar-refractivity contribution in [3.63, 3.8) is 0 Å². The number of furan rings is 1. The summed E-state index contributed by atoms with van der Waals surface area (Å²) in [5.41, 5.74) is 3.68. The lowest BCUT2D eigenvalue weighted by Gasteiger charge is -2.18. The molecule has 1 amide bonds. The van der Waals surface area contributed by atoms with Crippen LogP contribution in [0.5, 0.6) is 0 Å². The summed E-state index contributed by atoms with van der Waals surface area (Å²) < 4.78 is 5.84. The Hall–Kier alpha value is -2.89. The number of aromatic nitrogens is 2. The molecule has 1 aromatic carbocycles. The molecule has 6 heteroatoms. The van der Waals surface area contributed by atoms with Crippen LogP contribution < -0.4 is 5.32 Å². The van der Waals surface area contributed by atoms with Crippen molar-refractivity contribution < 1.29 is 9.21 Å². The molecule has 5 rings (SSSR count). The van der Waals surface area contributed by atoms with Gasteiger partial charge in [-0.25, -0.2) is 9.97 Å². The number of anilines is 1. The summed E-state index contributed by atoms with van der Waals surface area (Å²) in [5, 5.41) is 4.20. The first-order chi connectivity index (χ1) is 13.9. The van der Waals surface area contributed by atoms with Crippen molar-refractivity contribution in [1.82, 2.24) is 14.9 Å². The molecule has 2 fully saturated rings. The molecule has 1 unspecified atom stereocenters. The van der Waals surface area contributed by atoms with Crippen molar-refractivity contribution in [1.29, 1.82) is 0 Å². The van der Waals surface area contributed by atoms with Crippen LogP contribution in [0.1, 0.15) is 59.3 Å². The average molecular weight is 390 g/mol. The van der Waals surface area contributed by atoms with Crippen LogP contribution in [0.4, 0.5) is 5.82 Å². The van der Waals surface area contributed by atoms with Crippen LogP contribution in [0.3, 0.4) is 0 Å². The minimum absolute atomic E-state index is 0.00945. The predicted molar refractivity (Wildman–Crippen MR) is 112 cm³/mol. The van der Waals surface area contributed by atoms with E-state index in [9.17, 15) is 4.79 Å². The van der Waals surface area contributed by atoms with Crippen molar-refractivity contribution >= 4 is 22.8 Å². The fourth-order valence-electron chi connectivity index (χ4n) is 4.29. The van der Waals surface area contributed by atoms with E-state index in [0.29, 0.717) is 34.2 Å². The predicted octanol–water partition coefficient (Wildman–Crippen LogP) is 4.43. The third-order valence-corrected chi connectivity index (χ3v) is 6.29. The second-order valence-electron chi connectivity index (χ2n) is 8.77. The van der Waals surface area contributed by atoms with Gasteiger partial charge in [0.15, 0.2) is 0 Å². The number of carbonyl (C=O) groups is 1. The molecular weight excluding hydrogens is 364 g/mol. The van der Waals surface area contributed by atoms with E-state index in [1.165, 1.54) is 17.5 Å². The zero-order valence-electron chi connectivity index (χ0n) is 17.2. The highest BCUT2D eigenvalue weighted by molar-refractivity contribution is 6.10. The van der Waals surface area contributed by atoms with E-state index in [1.54, 1.807) is 0 Å². The quantitative estimate of drug-likeness (QED) is 0.713. The minimum atomic E-state index is 0.00945. The summed E-state index contributed by atoms with van der Waals surface area (Å²) in [4.78, 5) is 24.1. The van der Waals surface area contributed by atoms with Crippen molar-refractivity contribution in [3.05, 3.63) is 53.0 Å². The van der Waals surface area contributed by atoms with Crippen LogP contribution in [0.25, 0.3) is 11.1 Å². The van der Waals surface area contributed by atoms with Crippen LogP contribution in [-0.2, 0) is 0 Å². The van der Waals surface area contributed by atoms with E-state index in [2.05, 4.69) is 53.4 Å². The lowest BCUT2D eigenvalue weighted by molar-refractivity contribution is 0.0790. The van der Waals surface area contributed by atoms with Crippen molar-refractivity contribution in [2.45, 2.75) is 51.5 Å². The Labute approximate surface area is 170 Å². The maximum Gasteiger partial charge on any atom is 0.258 e. The molecule has 1 aliphatic heterocycles. The number of rotatable bonds is 4. The molecule has 29 heavy (non-hydrogen) atoms. The van der Waals surface area contributed by atoms with Gasteiger partial charge in [-0.15, -0.1) is 0 Å². The van der Waals surface area contributed by atoms with Crippen LogP contribution in [0.2, 0.25) is 0 Å². The zero-order valence-corrected chi connectivity index (χ0v) is 17.2. The standard InChI is InChI=1S/C23H26N4O2/c1-14-5-4-6-16(11-14)17-7-10-27(12-17)22(28)18-15(2)29-21-19(18)20(24-13-25-21)26-23(3)8-9-23/h4-6,11,13,17H,7-10,12H2,1-3H3,(H,24,25,26). The summed E-state index contributed by atoms with van der Waals surface area (Å²) in [6, 6.07) is 8.59. The van der Waals surface area contributed by atoms with E-state index in [4.69, 9.17) is 4.42 Å². The number of fused-ring (bicyclic) bond motifs is 1. The number of amides is 1. The van der Waals surface area contributed by atoms with Crippen LogP contribution in [-0.4, -0.2) is 39.4 Å². The van der Waals surface area contributed by atoms with Crippen LogP contribution in [0.15, 0.2) is 35.0 Å². The Balaban J connectivity index is 1.46. The topological polar surface area (TPSA) is 71.3 Å². The second-order valence-corrected chi connectivity index (χ2v) is 8.77. The molecular formula is C23H26N4O2. The summed E-state index contributed by atoms with van der Waals surface area (Å²) in [7, 11) is 0. The lowest BCUT2D eigenvalue weighted by atomic mass is 9.97. The monoisotopic (exact) mass is 390 g/mol. The van der Waals surface area contributed by atoms with E-state index in [0.717, 1.165) is 32.4 Å². The maximum absolute atomic E-state index is 13.5. The number of benzene rings is 1.